The van der Waals surface area contributed by atoms with Gasteiger partial charge in [-0.2, -0.15) is 0 Å². The number of rotatable bonds is 7. The number of benzene rings is 1. The molecule has 0 spiro atoms. The van der Waals surface area contributed by atoms with E-state index >= 15 is 0 Å². The molecule has 1 aromatic heterocycles. The van der Waals surface area contributed by atoms with Crippen LogP contribution in [0.5, 0.6) is 0 Å². The van der Waals surface area contributed by atoms with Gasteiger partial charge >= 0.3 is 0 Å². The zero-order valence-electron chi connectivity index (χ0n) is 14.6. The van der Waals surface area contributed by atoms with Crippen LogP contribution in [0.15, 0.2) is 30.3 Å². The topological polar surface area (TPSA) is 76.1 Å². The zero-order chi connectivity index (χ0) is 17.5. The first-order chi connectivity index (χ1) is 11.5. The van der Waals surface area contributed by atoms with Crippen LogP contribution in [0.4, 0.5) is 11.6 Å². The first kappa shape index (κ1) is 17.9. The molecular weight excluding hydrogens is 304 g/mol. The number of carbonyl (C=O) groups excluding carboxylic acids is 1. The molecule has 1 heterocycles. The van der Waals surface area contributed by atoms with E-state index in [-0.39, 0.29) is 5.91 Å². The number of methoxy groups -OCH3 is 1. The highest BCUT2D eigenvalue weighted by molar-refractivity contribution is 5.92. The third-order valence-corrected chi connectivity index (χ3v) is 3.51. The maximum absolute atomic E-state index is 12.2. The molecule has 0 aliphatic rings. The normalized spacial score (nSPS) is 10.7. The van der Waals surface area contributed by atoms with E-state index in [2.05, 4.69) is 40.5 Å². The van der Waals surface area contributed by atoms with Crippen molar-refractivity contribution in [2.75, 3.05) is 25.6 Å². The summed E-state index contributed by atoms with van der Waals surface area (Å²) < 4.78 is 4.93. The number of hydrogen-bond donors (Lipinski definition) is 2. The van der Waals surface area contributed by atoms with E-state index < -0.39 is 0 Å². The molecule has 2 N–H and O–H groups in total. The van der Waals surface area contributed by atoms with Gasteiger partial charge in [0.15, 0.2) is 0 Å². The summed E-state index contributed by atoms with van der Waals surface area (Å²) in [6.07, 6.45) is 0. The molecule has 1 aromatic carbocycles. The minimum atomic E-state index is -0.238. The average Bonchev–Trinajstić information content (AvgIpc) is 2.54. The van der Waals surface area contributed by atoms with Gasteiger partial charge in [0.25, 0.3) is 5.91 Å². The SMILES string of the molecule is COCCNC(=O)c1cc(C)nc(Nc2ccccc2C(C)C)n1. The van der Waals surface area contributed by atoms with Crippen LogP contribution in [0.25, 0.3) is 0 Å². The largest absolute Gasteiger partial charge is 0.383 e. The van der Waals surface area contributed by atoms with E-state index in [1.807, 2.05) is 25.1 Å². The quantitative estimate of drug-likeness (QED) is 0.764. The molecule has 24 heavy (non-hydrogen) atoms. The third-order valence-electron chi connectivity index (χ3n) is 3.51. The summed E-state index contributed by atoms with van der Waals surface area (Å²) in [5, 5.41) is 6.00. The molecule has 1 amide bonds. The van der Waals surface area contributed by atoms with Crippen LogP contribution >= 0.6 is 0 Å². The number of carbonyl (C=O) groups is 1. The van der Waals surface area contributed by atoms with Gasteiger partial charge < -0.3 is 15.4 Å². The summed E-state index contributed by atoms with van der Waals surface area (Å²) in [4.78, 5) is 20.9. The molecule has 0 aliphatic heterocycles. The van der Waals surface area contributed by atoms with Crippen molar-refractivity contribution in [3.63, 3.8) is 0 Å². The van der Waals surface area contributed by atoms with Gasteiger partial charge in [-0.1, -0.05) is 32.0 Å². The van der Waals surface area contributed by atoms with E-state index in [0.717, 1.165) is 11.4 Å². The summed E-state index contributed by atoms with van der Waals surface area (Å²) in [6.45, 7) is 7.01. The summed E-state index contributed by atoms with van der Waals surface area (Å²) in [6, 6.07) is 9.69. The van der Waals surface area contributed by atoms with Crippen LogP contribution in [0.2, 0.25) is 0 Å². The number of amides is 1. The Morgan fingerprint density at radius 3 is 2.71 bits per heavy atom. The van der Waals surface area contributed by atoms with Crippen molar-refractivity contribution >= 4 is 17.5 Å². The van der Waals surface area contributed by atoms with Gasteiger partial charge in [-0.3, -0.25) is 4.79 Å². The second kappa shape index (κ2) is 8.40. The Bertz CT molecular complexity index is 701. The third kappa shape index (κ3) is 4.76. The molecule has 0 unspecified atom stereocenters. The Morgan fingerprint density at radius 2 is 2.00 bits per heavy atom. The monoisotopic (exact) mass is 328 g/mol. The smallest absolute Gasteiger partial charge is 0.270 e. The number of aryl methyl sites for hydroxylation is 1. The molecule has 6 nitrogen and oxygen atoms in total. The molecular formula is C18H24N4O2. The Balaban J connectivity index is 2.21. The lowest BCUT2D eigenvalue weighted by Crippen LogP contribution is -2.28. The minimum Gasteiger partial charge on any atom is -0.383 e. The summed E-state index contributed by atoms with van der Waals surface area (Å²) in [7, 11) is 1.59. The first-order valence-electron chi connectivity index (χ1n) is 8.00. The fourth-order valence-electron chi connectivity index (χ4n) is 2.33. The highest BCUT2D eigenvalue weighted by Gasteiger charge is 2.12. The van der Waals surface area contributed by atoms with Crippen LogP contribution in [0, 0.1) is 6.92 Å². The minimum absolute atomic E-state index is 0.238. The van der Waals surface area contributed by atoms with Crippen LogP contribution in [0.1, 0.15) is 41.5 Å². The van der Waals surface area contributed by atoms with Gasteiger partial charge in [0, 0.05) is 25.0 Å². The fraction of sp³-hybridized carbons (Fsp3) is 0.389. The molecule has 0 saturated heterocycles. The number of aromatic nitrogens is 2. The maximum Gasteiger partial charge on any atom is 0.270 e. The fourth-order valence-corrected chi connectivity index (χ4v) is 2.33. The van der Waals surface area contributed by atoms with E-state index in [0.29, 0.717) is 30.7 Å². The van der Waals surface area contributed by atoms with E-state index in [4.69, 9.17) is 4.74 Å². The average molecular weight is 328 g/mol. The summed E-state index contributed by atoms with van der Waals surface area (Å²) in [5.74, 6) is 0.549. The molecule has 2 aromatic rings. The zero-order valence-corrected chi connectivity index (χ0v) is 14.6. The Labute approximate surface area is 142 Å². The standard InChI is InChI=1S/C18H24N4O2/c1-12(2)14-7-5-6-8-15(14)21-18-20-13(3)11-16(22-18)17(23)19-9-10-24-4/h5-8,11-12H,9-10H2,1-4H3,(H,19,23)(H,20,21,22). The van der Waals surface area contributed by atoms with Gasteiger partial charge in [0.05, 0.1) is 6.61 Å². The number of nitrogens with zero attached hydrogens (tertiary/aromatic N) is 2. The number of para-hydroxylation sites is 1. The van der Waals surface area contributed by atoms with Crippen molar-refractivity contribution in [2.24, 2.45) is 0 Å². The van der Waals surface area contributed by atoms with Crippen LogP contribution in [-0.4, -0.2) is 36.1 Å². The van der Waals surface area contributed by atoms with Crippen molar-refractivity contribution in [1.29, 1.82) is 0 Å². The Hall–Kier alpha value is -2.47. The van der Waals surface area contributed by atoms with E-state index in [1.165, 1.54) is 5.56 Å². The molecule has 0 atom stereocenters. The summed E-state index contributed by atoms with van der Waals surface area (Å²) >= 11 is 0. The number of nitrogens with one attached hydrogen (secondary N) is 2. The van der Waals surface area contributed by atoms with Crippen LogP contribution in [0.3, 0.4) is 0 Å². The maximum atomic E-state index is 12.2. The highest BCUT2D eigenvalue weighted by atomic mass is 16.5. The number of hydrogen-bond acceptors (Lipinski definition) is 5. The molecule has 0 saturated carbocycles. The second-order valence-electron chi connectivity index (χ2n) is 5.83. The predicted molar refractivity (Wildman–Crippen MR) is 94.8 cm³/mol. The van der Waals surface area contributed by atoms with Crippen molar-refractivity contribution in [3.05, 3.63) is 47.3 Å². The first-order valence-corrected chi connectivity index (χ1v) is 8.00. The van der Waals surface area contributed by atoms with Gasteiger partial charge in [-0.25, -0.2) is 9.97 Å². The molecule has 0 aliphatic carbocycles. The van der Waals surface area contributed by atoms with Gasteiger partial charge in [0.1, 0.15) is 5.69 Å². The lowest BCUT2D eigenvalue weighted by atomic mass is 10.0. The van der Waals surface area contributed by atoms with E-state index in [9.17, 15) is 4.79 Å². The number of anilines is 2. The molecule has 0 radical (unpaired) electrons. The second-order valence-corrected chi connectivity index (χ2v) is 5.83. The van der Waals surface area contributed by atoms with Crippen molar-refractivity contribution in [2.45, 2.75) is 26.7 Å². The Kier molecular flexibility index (Phi) is 6.26. The Morgan fingerprint density at radius 1 is 1.25 bits per heavy atom. The number of ether oxygens (including phenoxy) is 1. The van der Waals surface area contributed by atoms with Crippen molar-refractivity contribution in [3.8, 4) is 0 Å². The van der Waals surface area contributed by atoms with Gasteiger partial charge in [0.2, 0.25) is 5.95 Å². The van der Waals surface area contributed by atoms with Crippen LogP contribution in [-0.2, 0) is 4.74 Å². The summed E-state index contributed by atoms with van der Waals surface area (Å²) in [5.41, 5.74) is 3.19. The molecule has 0 fully saturated rings. The molecule has 128 valence electrons. The van der Waals surface area contributed by atoms with Gasteiger partial charge in [-0.05, 0) is 30.5 Å². The molecule has 0 bridgehead atoms. The predicted octanol–water partition coefficient (Wildman–Crippen LogP) is 3.03. The molecule has 2 rings (SSSR count). The van der Waals surface area contributed by atoms with Crippen molar-refractivity contribution < 1.29 is 9.53 Å². The lowest BCUT2D eigenvalue weighted by Gasteiger charge is -2.14. The van der Waals surface area contributed by atoms with E-state index in [1.54, 1.807) is 13.2 Å². The lowest BCUT2D eigenvalue weighted by molar-refractivity contribution is 0.0932. The van der Waals surface area contributed by atoms with Gasteiger partial charge in [-0.15, -0.1) is 0 Å². The van der Waals surface area contributed by atoms with Crippen molar-refractivity contribution in [1.82, 2.24) is 15.3 Å². The van der Waals surface area contributed by atoms with Crippen LogP contribution < -0.4 is 10.6 Å². The molecule has 6 heteroatoms. The highest BCUT2D eigenvalue weighted by Crippen LogP contribution is 2.25.